The van der Waals surface area contributed by atoms with Gasteiger partial charge in [-0.2, -0.15) is 0 Å². The standard InChI is InChI=1S/C12H11N5O3/c1-6-7(2-8(20-6)12(18)19)3-17-5-16-9-10(13)14-4-15-11(9)17/h2,4-5H,3H2,1H3,(H,18,19)(H2,13,14,15). The van der Waals surface area contributed by atoms with Crippen LogP contribution in [0.1, 0.15) is 21.9 Å². The summed E-state index contributed by atoms with van der Waals surface area (Å²) in [5.74, 6) is -0.326. The van der Waals surface area contributed by atoms with Crippen LogP contribution < -0.4 is 5.73 Å². The summed E-state index contributed by atoms with van der Waals surface area (Å²) >= 11 is 0. The van der Waals surface area contributed by atoms with Gasteiger partial charge in [-0.25, -0.2) is 19.7 Å². The second-order valence-corrected chi connectivity index (χ2v) is 4.30. The Morgan fingerprint density at radius 3 is 2.95 bits per heavy atom. The van der Waals surface area contributed by atoms with E-state index in [4.69, 9.17) is 15.3 Å². The molecule has 3 heterocycles. The van der Waals surface area contributed by atoms with E-state index in [0.717, 1.165) is 5.56 Å². The van der Waals surface area contributed by atoms with Crippen LogP contribution in [0.15, 0.2) is 23.1 Å². The molecule has 0 saturated heterocycles. The van der Waals surface area contributed by atoms with Crippen molar-refractivity contribution in [1.82, 2.24) is 19.5 Å². The summed E-state index contributed by atoms with van der Waals surface area (Å²) in [6, 6.07) is 1.49. The van der Waals surface area contributed by atoms with Crippen LogP contribution >= 0.6 is 0 Å². The fourth-order valence-electron chi connectivity index (χ4n) is 1.98. The number of nitrogens with zero attached hydrogens (tertiary/aromatic N) is 4. The van der Waals surface area contributed by atoms with Crippen LogP contribution in [-0.4, -0.2) is 30.6 Å². The van der Waals surface area contributed by atoms with Gasteiger partial charge in [0.1, 0.15) is 17.6 Å². The lowest BCUT2D eigenvalue weighted by molar-refractivity contribution is 0.0661. The van der Waals surface area contributed by atoms with E-state index in [0.29, 0.717) is 29.3 Å². The lowest BCUT2D eigenvalue weighted by Crippen LogP contribution is -2.01. The first kappa shape index (κ1) is 12.2. The maximum Gasteiger partial charge on any atom is 0.371 e. The molecule has 0 aliphatic heterocycles. The van der Waals surface area contributed by atoms with E-state index in [9.17, 15) is 4.79 Å². The van der Waals surface area contributed by atoms with Crippen molar-refractivity contribution in [1.29, 1.82) is 0 Å². The van der Waals surface area contributed by atoms with Crippen molar-refractivity contribution in [2.45, 2.75) is 13.5 Å². The number of nitrogen functional groups attached to an aromatic ring is 1. The van der Waals surface area contributed by atoms with Crippen molar-refractivity contribution in [3.8, 4) is 0 Å². The highest BCUT2D eigenvalue weighted by atomic mass is 16.4. The molecular weight excluding hydrogens is 262 g/mol. The summed E-state index contributed by atoms with van der Waals surface area (Å²) in [6.07, 6.45) is 2.95. The van der Waals surface area contributed by atoms with Crippen LogP contribution in [0.5, 0.6) is 0 Å². The zero-order valence-corrected chi connectivity index (χ0v) is 10.6. The van der Waals surface area contributed by atoms with E-state index in [1.54, 1.807) is 17.8 Å². The Kier molecular flexibility index (Phi) is 2.63. The minimum absolute atomic E-state index is 0.0870. The molecule has 8 nitrogen and oxygen atoms in total. The average molecular weight is 273 g/mol. The van der Waals surface area contributed by atoms with Gasteiger partial charge >= 0.3 is 5.97 Å². The van der Waals surface area contributed by atoms with Crippen molar-refractivity contribution < 1.29 is 14.3 Å². The molecule has 0 aliphatic carbocycles. The van der Waals surface area contributed by atoms with Gasteiger partial charge in [0, 0.05) is 5.56 Å². The number of carbonyl (C=O) groups is 1. The third kappa shape index (κ3) is 1.87. The number of hydrogen-bond donors (Lipinski definition) is 2. The summed E-state index contributed by atoms with van der Waals surface area (Å²) < 4.78 is 6.93. The fraction of sp³-hybridized carbons (Fsp3) is 0.167. The number of carboxylic acid groups (broad SMARTS) is 1. The van der Waals surface area contributed by atoms with Crippen molar-refractivity contribution >= 4 is 23.0 Å². The molecule has 20 heavy (non-hydrogen) atoms. The Balaban J connectivity index is 2.01. The van der Waals surface area contributed by atoms with Gasteiger partial charge < -0.3 is 19.8 Å². The monoisotopic (exact) mass is 273 g/mol. The normalized spacial score (nSPS) is 11.1. The lowest BCUT2D eigenvalue weighted by atomic mass is 10.2. The van der Waals surface area contributed by atoms with Crippen molar-refractivity contribution in [3.05, 3.63) is 35.8 Å². The molecule has 102 valence electrons. The molecule has 0 fully saturated rings. The minimum atomic E-state index is -1.10. The topological polar surface area (TPSA) is 120 Å². The van der Waals surface area contributed by atoms with Gasteiger partial charge in [-0.1, -0.05) is 0 Å². The molecule has 3 rings (SSSR count). The zero-order valence-electron chi connectivity index (χ0n) is 10.6. The summed E-state index contributed by atoms with van der Waals surface area (Å²) in [4.78, 5) is 23.0. The van der Waals surface area contributed by atoms with Gasteiger partial charge in [0.25, 0.3) is 0 Å². The van der Waals surface area contributed by atoms with Crippen molar-refractivity contribution in [3.63, 3.8) is 0 Å². The van der Waals surface area contributed by atoms with Gasteiger partial charge in [-0.05, 0) is 13.0 Å². The Hall–Kier alpha value is -2.90. The van der Waals surface area contributed by atoms with Crippen LogP contribution in [-0.2, 0) is 6.54 Å². The van der Waals surface area contributed by atoms with E-state index >= 15 is 0 Å². The third-order valence-corrected chi connectivity index (χ3v) is 3.00. The molecule has 8 heteroatoms. The van der Waals surface area contributed by atoms with E-state index in [1.165, 1.54) is 12.4 Å². The first-order valence-electron chi connectivity index (χ1n) is 5.80. The first-order valence-corrected chi connectivity index (χ1v) is 5.80. The molecule has 0 bridgehead atoms. The molecule has 0 aromatic carbocycles. The van der Waals surface area contributed by atoms with Crippen molar-refractivity contribution in [2.24, 2.45) is 0 Å². The number of furan rings is 1. The predicted molar refractivity (Wildman–Crippen MR) is 69.2 cm³/mol. The fourth-order valence-corrected chi connectivity index (χ4v) is 1.98. The van der Waals surface area contributed by atoms with E-state index in [2.05, 4.69) is 15.0 Å². The molecule has 0 unspecified atom stereocenters. The second kappa shape index (κ2) is 4.34. The van der Waals surface area contributed by atoms with E-state index < -0.39 is 5.97 Å². The second-order valence-electron chi connectivity index (χ2n) is 4.30. The summed E-state index contributed by atoms with van der Waals surface area (Å²) in [5.41, 5.74) is 7.58. The Morgan fingerprint density at radius 2 is 2.25 bits per heavy atom. The highest BCUT2D eigenvalue weighted by molar-refractivity contribution is 5.84. The van der Waals surface area contributed by atoms with Crippen LogP contribution in [0.2, 0.25) is 0 Å². The van der Waals surface area contributed by atoms with Gasteiger partial charge in [-0.15, -0.1) is 0 Å². The summed E-state index contributed by atoms with van der Waals surface area (Å²) in [5, 5.41) is 8.91. The number of rotatable bonds is 3. The highest BCUT2D eigenvalue weighted by Gasteiger charge is 2.15. The highest BCUT2D eigenvalue weighted by Crippen LogP contribution is 2.19. The number of nitrogens with two attached hydrogens (primary N) is 1. The smallest absolute Gasteiger partial charge is 0.371 e. The molecule has 3 aromatic heterocycles. The minimum Gasteiger partial charge on any atom is -0.475 e. The van der Waals surface area contributed by atoms with Crippen molar-refractivity contribution in [2.75, 3.05) is 5.73 Å². The number of anilines is 1. The first-order chi connectivity index (χ1) is 9.56. The molecule has 0 atom stereocenters. The Labute approximate surface area is 112 Å². The molecule has 0 amide bonds. The molecule has 3 aromatic rings. The maximum atomic E-state index is 10.9. The molecule has 0 radical (unpaired) electrons. The summed E-state index contributed by atoms with van der Waals surface area (Å²) in [6.45, 7) is 2.11. The quantitative estimate of drug-likeness (QED) is 0.731. The molecule has 0 saturated carbocycles. The Morgan fingerprint density at radius 1 is 1.45 bits per heavy atom. The maximum absolute atomic E-state index is 10.9. The largest absolute Gasteiger partial charge is 0.475 e. The average Bonchev–Trinajstić information content (AvgIpc) is 2.97. The SMILES string of the molecule is Cc1oc(C(=O)O)cc1Cn1cnc2c(N)ncnc21. The van der Waals surface area contributed by atoms with E-state index in [1.807, 2.05) is 0 Å². The lowest BCUT2D eigenvalue weighted by Gasteiger charge is -2.02. The van der Waals surface area contributed by atoms with E-state index in [-0.39, 0.29) is 5.76 Å². The number of fused-ring (bicyclic) bond motifs is 1. The predicted octanol–water partition coefficient (Wildman–Crippen LogP) is 1.06. The zero-order chi connectivity index (χ0) is 14.3. The van der Waals surface area contributed by atoms with Gasteiger partial charge in [0.2, 0.25) is 5.76 Å². The number of hydrogen-bond acceptors (Lipinski definition) is 6. The Bertz CT molecular complexity index is 805. The van der Waals surface area contributed by atoms with Crippen LogP contribution in [0.3, 0.4) is 0 Å². The number of carboxylic acids is 1. The van der Waals surface area contributed by atoms with Gasteiger partial charge in [0.15, 0.2) is 11.5 Å². The molecule has 0 spiro atoms. The van der Waals surface area contributed by atoms with Crippen LogP contribution in [0.25, 0.3) is 11.2 Å². The van der Waals surface area contributed by atoms with Gasteiger partial charge in [-0.3, -0.25) is 0 Å². The number of aromatic nitrogens is 4. The number of aryl methyl sites for hydroxylation is 1. The number of imidazole rings is 1. The molecular formula is C12H11N5O3. The molecule has 0 aliphatic rings. The molecule has 3 N–H and O–H groups in total. The van der Waals surface area contributed by atoms with Gasteiger partial charge in [0.05, 0.1) is 12.9 Å². The third-order valence-electron chi connectivity index (χ3n) is 3.00. The van der Waals surface area contributed by atoms with Crippen LogP contribution in [0.4, 0.5) is 5.82 Å². The summed E-state index contributed by atoms with van der Waals surface area (Å²) in [7, 11) is 0. The van der Waals surface area contributed by atoms with Crippen LogP contribution in [0, 0.1) is 6.92 Å². The number of aromatic carboxylic acids is 1.